The molecular weight excluding hydrogens is 647 g/mol. The fourth-order valence-electron chi connectivity index (χ4n) is 8.72. The average Bonchev–Trinajstić information content (AvgIpc) is 3.82. The lowest BCUT2D eigenvalue weighted by molar-refractivity contribution is 0.661. The lowest BCUT2D eigenvalue weighted by Crippen LogP contribution is -2.14. The van der Waals surface area contributed by atoms with Crippen LogP contribution in [-0.2, 0) is 5.41 Å². The van der Waals surface area contributed by atoms with E-state index < -0.39 is 0 Å². The summed E-state index contributed by atoms with van der Waals surface area (Å²) >= 11 is 0. The van der Waals surface area contributed by atoms with Crippen LogP contribution in [-0.4, -0.2) is 24.1 Å². The van der Waals surface area contributed by atoms with Crippen LogP contribution in [0.1, 0.15) is 25.0 Å². The highest BCUT2D eigenvalue weighted by atomic mass is 15.2. The number of fused-ring (bicyclic) bond motifs is 10. The van der Waals surface area contributed by atoms with Gasteiger partial charge in [-0.25, -0.2) is 4.98 Å². The molecular formula is C48H33N5. The number of rotatable bonds is 4. The van der Waals surface area contributed by atoms with Gasteiger partial charge in [0.25, 0.3) is 0 Å². The molecule has 0 aliphatic heterocycles. The predicted molar refractivity (Wildman–Crippen MR) is 217 cm³/mol. The number of nitrogens with zero attached hydrogens (tertiary/aromatic N) is 5. The van der Waals surface area contributed by atoms with Crippen molar-refractivity contribution in [3.05, 3.63) is 175 Å². The molecule has 11 rings (SSSR count). The first kappa shape index (κ1) is 29.8. The smallest absolute Gasteiger partial charge is 0.238 e. The Kier molecular flexibility index (Phi) is 6.23. The molecule has 53 heavy (non-hydrogen) atoms. The molecule has 3 aromatic heterocycles. The van der Waals surface area contributed by atoms with Crippen LogP contribution in [0.25, 0.3) is 89.2 Å². The molecule has 5 nitrogen and oxygen atoms in total. The van der Waals surface area contributed by atoms with Crippen molar-refractivity contribution in [2.45, 2.75) is 19.3 Å². The number of benzene rings is 7. The first-order chi connectivity index (χ1) is 26.1. The van der Waals surface area contributed by atoms with Crippen LogP contribution in [0.5, 0.6) is 0 Å². The van der Waals surface area contributed by atoms with Crippen LogP contribution in [0, 0.1) is 0 Å². The van der Waals surface area contributed by atoms with Gasteiger partial charge < -0.3 is 4.57 Å². The summed E-state index contributed by atoms with van der Waals surface area (Å²) in [4.78, 5) is 15.4. The summed E-state index contributed by atoms with van der Waals surface area (Å²) in [6, 6.07) is 58.1. The largest absolute Gasteiger partial charge is 0.309 e. The highest BCUT2D eigenvalue weighted by molar-refractivity contribution is 6.15. The van der Waals surface area contributed by atoms with Crippen molar-refractivity contribution in [2.24, 2.45) is 0 Å². The third-order valence-electron chi connectivity index (χ3n) is 11.2. The Balaban J connectivity index is 1.12. The van der Waals surface area contributed by atoms with E-state index in [4.69, 9.17) is 15.0 Å². The molecule has 3 heterocycles. The van der Waals surface area contributed by atoms with E-state index in [0.717, 1.165) is 27.8 Å². The summed E-state index contributed by atoms with van der Waals surface area (Å²) in [6.07, 6.45) is 0. The van der Waals surface area contributed by atoms with Gasteiger partial charge in [0.15, 0.2) is 11.6 Å². The zero-order chi connectivity index (χ0) is 35.3. The summed E-state index contributed by atoms with van der Waals surface area (Å²) in [5, 5.41) is 4.84. The fraction of sp³-hybridized carbons (Fsp3) is 0.0625. The minimum absolute atomic E-state index is 0.0888. The predicted octanol–water partition coefficient (Wildman–Crippen LogP) is 11.7. The summed E-state index contributed by atoms with van der Waals surface area (Å²) in [5.41, 5.74) is 12.8. The van der Waals surface area contributed by atoms with Crippen molar-refractivity contribution in [2.75, 3.05) is 0 Å². The number of hydrogen-bond donors (Lipinski definition) is 0. The van der Waals surface area contributed by atoms with Gasteiger partial charge in [0, 0.05) is 49.3 Å². The van der Waals surface area contributed by atoms with Gasteiger partial charge >= 0.3 is 0 Å². The van der Waals surface area contributed by atoms with Gasteiger partial charge in [-0.1, -0.05) is 135 Å². The van der Waals surface area contributed by atoms with E-state index in [2.05, 4.69) is 169 Å². The lowest BCUT2D eigenvalue weighted by Gasteiger charge is -2.21. The maximum atomic E-state index is 5.19. The molecule has 0 radical (unpaired) electrons. The quantitative estimate of drug-likeness (QED) is 0.186. The van der Waals surface area contributed by atoms with Gasteiger partial charge in [-0.05, 0) is 59.2 Å². The van der Waals surface area contributed by atoms with Crippen LogP contribution in [0.15, 0.2) is 164 Å². The van der Waals surface area contributed by atoms with E-state index in [9.17, 15) is 0 Å². The highest BCUT2D eigenvalue weighted by Gasteiger charge is 2.37. The van der Waals surface area contributed by atoms with E-state index in [-0.39, 0.29) is 5.41 Å². The maximum Gasteiger partial charge on any atom is 0.238 e. The molecule has 1 aliphatic rings. The topological polar surface area (TPSA) is 48.5 Å². The van der Waals surface area contributed by atoms with Gasteiger partial charge in [0.2, 0.25) is 5.95 Å². The molecule has 0 atom stereocenters. The lowest BCUT2D eigenvalue weighted by atomic mass is 9.82. The van der Waals surface area contributed by atoms with Gasteiger partial charge in [0.1, 0.15) is 0 Å². The van der Waals surface area contributed by atoms with Crippen LogP contribution < -0.4 is 0 Å². The second kappa shape index (κ2) is 11.1. The standard InChI is InChI=1S/C48H33N5/c1-48(2)38-20-10-6-19-37(38)43-39(48)29-28-36-35-18-9-11-21-40(35)52(44(36)43)32-26-24-31(25-27-32)46-49-45(30-14-4-3-5-15-30)50-47(51-46)53-41-22-12-7-16-33(41)34-17-8-13-23-42(34)53/h3-29H,1-2H3. The molecule has 0 fully saturated rings. The molecule has 250 valence electrons. The number of hydrogen-bond acceptors (Lipinski definition) is 3. The summed E-state index contributed by atoms with van der Waals surface area (Å²) in [6.45, 7) is 4.69. The number of aromatic nitrogens is 5. The Morgan fingerprint density at radius 1 is 0.415 bits per heavy atom. The van der Waals surface area contributed by atoms with Crippen molar-refractivity contribution in [1.82, 2.24) is 24.1 Å². The van der Waals surface area contributed by atoms with Gasteiger partial charge in [0.05, 0.1) is 22.1 Å². The molecule has 1 aliphatic carbocycles. The zero-order valence-electron chi connectivity index (χ0n) is 29.3. The Morgan fingerprint density at radius 2 is 0.943 bits per heavy atom. The molecule has 5 heteroatoms. The average molecular weight is 680 g/mol. The van der Waals surface area contributed by atoms with Crippen molar-refractivity contribution < 1.29 is 0 Å². The normalized spacial score (nSPS) is 13.2. The minimum atomic E-state index is -0.0888. The minimum Gasteiger partial charge on any atom is -0.309 e. The van der Waals surface area contributed by atoms with Crippen LogP contribution in [0.2, 0.25) is 0 Å². The monoisotopic (exact) mass is 679 g/mol. The van der Waals surface area contributed by atoms with Crippen molar-refractivity contribution in [1.29, 1.82) is 0 Å². The van der Waals surface area contributed by atoms with Gasteiger partial charge in [-0.2, -0.15) is 9.97 Å². The Bertz CT molecular complexity index is 3020. The van der Waals surface area contributed by atoms with Crippen molar-refractivity contribution in [3.8, 4) is 45.5 Å². The van der Waals surface area contributed by atoms with Gasteiger partial charge in [-0.15, -0.1) is 0 Å². The van der Waals surface area contributed by atoms with E-state index in [1.165, 1.54) is 54.8 Å². The molecule has 0 unspecified atom stereocenters. The van der Waals surface area contributed by atoms with Crippen molar-refractivity contribution in [3.63, 3.8) is 0 Å². The van der Waals surface area contributed by atoms with E-state index in [1.807, 2.05) is 18.2 Å². The molecule has 0 bridgehead atoms. The second-order valence-corrected chi connectivity index (χ2v) is 14.5. The third kappa shape index (κ3) is 4.28. The SMILES string of the molecule is CC1(C)c2ccccc2-c2c1ccc1c3ccccc3n(-c3ccc(-c4nc(-c5ccccc5)nc(-n5c6ccccc6c6ccccc65)n4)cc3)c21. The summed E-state index contributed by atoms with van der Waals surface area (Å²) < 4.78 is 4.60. The van der Waals surface area contributed by atoms with E-state index in [0.29, 0.717) is 17.6 Å². The molecule has 10 aromatic rings. The molecule has 0 amide bonds. The Labute approximate surface area is 306 Å². The molecule has 0 saturated heterocycles. The molecule has 0 spiro atoms. The first-order valence-corrected chi connectivity index (χ1v) is 18.1. The van der Waals surface area contributed by atoms with Crippen LogP contribution >= 0.6 is 0 Å². The molecule has 0 saturated carbocycles. The summed E-state index contributed by atoms with van der Waals surface area (Å²) in [5.74, 6) is 1.85. The van der Waals surface area contributed by atoms with Crippen LogP contribution in [0.3, 0.4) is 0 Å². The highest BCUT2D eigenvalue weighted by Crippen LogP contribution is 2.52. The van der Waals surface area contributed by atoms with E-state index >= 15 is 0 Å². The Morgan fingerprint density at radius 3 is 1.60 bits per heavy atom. The second-order valence-electron chi connectivity index (χ2n) is 14.5. The summed E-state index contributed by atoms with van der Waals surface area (Å²) in [7, 11) is 0. The Hall–Kier alpha value is -6.85. The fourth-order valence-corrected chi connectivity index (χ4v) is 8.72. The first-order valence-electron chi connectivity index (χ1n) is 18.1. The number of para-hydroxylation sites is 3. The maximum absolute atomic E-state index is 5.19. The van der Waals surface area contributed by atoms with E-state index in [1.54, 1.807) is 0 Å². The van der Waals surface area contributed by atoms with Crippen LogP contribution in [0.4, 0.5) is 0 Å². The molecule has 7 aromatic carbocycles. The zero-order valence-corrected chi connectivity index (χ0v) is 29.3. The third-order valence-corrected chi connectivity index (χ3v) is 11.2. The van der Waals surface area contributed by atoms with Gasteiger partial charge in [-0.3, -0.25) is 4.57 Å². The molecule has 0 N–H and O–H groups in total. The van der Waals surface area contributed by atoms with Crippen molar-refractivity contribution >= 4 is 43.6 Å².